The number of pyridine rings is 1. The van der Waals surface area contributed by atoms with Crippen molar-refractivity contribution in [1.29, 1.82) is 0 Å². The van der Waals surface area contributed by atoms with E-state index in [-0.39, 0.29) is 5.91 Å². The third-order valence-electron chi connectivity index (χ3n) is 4.29. The van der Waals surface area contributed by atoms with Gasteiger partial charge in [0.1, 0.15) is 5.69 Å². The molecule has 0 fully saturated rings. The van der Waals surface area contributed by atoms with Crippen molar-refractivity contribution in [3.05, 3.63) is 77.1 Å². The molecule has 2 aromatic rings. The molecule has 1 aliphatic rings. The van der Waals surface area contributed by atoms with Gasteiger partial charge in [0, 0.05) is 19.3 Å². The van der Waals surface area contributed by atoms with Crippen LogP contribution in [0.15, 0.2) is 49.2 Å². The Labute approximate surface area is 143 Å². The number of aromatic nitrogens is 1. The van der Waals surface area contributed by atoms with Crippen LogP contribution in [0.4, 0.5) is 13.2 Å². The second kappa shape index (κ2) is 6.70. The Balaban J connectivity index is 1.76. The lowest BCUT2D eigenvalue weighted by Crippen LogP contribution is -2.34. The van der Waals surface area contributed by atoms with Crippen LogP contribution >= 0.6 is 0 Å². The topological polar surface area (TPSA) is 33.2 Å². The summed E-state index contributed by atoms with van der Waals surface area (Å²) in [5, 5.41) is 0. The first-order chi connectivity index (χ1) is 11.9. The van der Waals surface area contributed by atoms with Crippen molar-refractivity contribution in [2.45, 2.75) is 25.6 Å². The first kappa shape index (κ1) is 17.2. The molecule has 6 heteroatoms. The monoisotopic (exact) mass is 346 g/mol. The fraction of sp³-hybridized carbons (Fsp3) is 0.263. The molecule has 1 aromatic heterocycles. The highest BCUT2D eigenvalue weighted by molar-refractivity contribution is 5.87. The van der Waals surface area contributed by atoms with Gasteiger partial charge in [0.2, 0.25) is 5.91 Å². The van der Waals surface area contributed by atoms with E-state index in [1.807, 2.05) is 18.2 Å². The number of halogens is 3. The van der Waals surface area contributed by atoms with E-state index in [1.54, 1.807) is 4.90 Å². The average molecular weight is 346 g/mol. The standard InChI is InChI=1S/C19H17F3N2O/c1-2-18(25)24-8-7-15-5-3-13(10-16(15)12-24)9-14-4-6-17(23-11-14)19(20,21)22/h2-6,10-11H,1,7-9,12H2. The summed E-state index contributed by atoms with van der Waals surface area (Å²) < 4.78 is 37.7. The smallest absolute Gasteiger partial charge is 0.335 e. The molecule has 1 amide bonds. The lowest BCUT2D eigenvalue weighted by atomic mass is 9.95. The van der Waals surface area contributed by atoms with Crippen LogP contribution in [0.5, 0.6) is 0 Å². The van der Waals surface area contributed by atoms with E-state index in [2.05, 4.69) is 11.6 Å². The number of alkyl halides is 3. The molecule has 0 radical (unpaired) electrons. The van der Waals surface area contributed by atoms with E-state index in [4.69, 9.17) is 0 Å². The molecule has 1 aromatic carbocycles. The summed E-state index contributed by atoms with van der Waals surface area (Å²) in [6, 6.07) is 8.45. The minimum absolute atomic E-state index is 0.0945. The van der Waals surface area contributed by atoms with Gasteiger partial charge in [-0.15, -0.1) is 0 Å². The van der Waals surface area contributed by atoms with Crippen LogP contribution in [0.1, 0.15) is 27.9 Å². The summed E-state index contributed by atoms with van der Waals surface area (Å²) in [6.45, 7) is 4.71. The molecule has 0 N–H and O–H groups in total. The summed E-state index contributed by atoms with van der Waals surface area (Å²) in [5.74, 6) is -0.0945. The van der Waals surface area contributed by atoms with Gasteiger partial charge < -0.3 is 4.90 Å². The Morgan fingerprint density at radius 2 is 1.96 bits per heavy atom. The average Bonchev–Trinajstić information content (AvgIpc) is 2.60. The third-order valence-corrected chi connectivity index (χ3v) is 4.29. The summed E-state index contributed by atoms with van der Waals surface area (Å²) in [7, 11) is 0. The molecule has 2 heterocycles. The number of rotatable bonds is 3. The number of nitrogens with zero attached hydrogens (tertiary/aromatic N) is 2. The Morgan fingerprint density at radius 3 is 2.60 bits per heavy atom. The number of fused-ring (bicyclic) bond motifs is 1. The van der Waals surface area contributed by atoms with E-state index >= 15 is 0 Å². The van der Waals surface area contributed by atoms with Crippen LogP contribution < -0.4 is 0 Å². The number of amides is 1. The van der Waals surface area contributed by atoms with E-state index in [0.29, 0.717) is 25.1 Å². The quantitative estimate of drug-likeness (QED) is 0.793. The zero-order valence-electron chi connectivity index (χ0n) is 13.5. The molecule has 0 atom stereocenters. The fourth-order valence-corrected chi connectivity index (χ4v) is 2.97. The summed E-state index contributed by atoms with van der Waals surface area (Å²) in [4.78, 5) is 17.0. The fourth-order valence-electron chi connectivity index (χ4n) is 2.97. The largest absolute Gasteiger partial charge is 0.433 e. The Hall–Kier alpha value is -2.63. The normalized spacial score (nSPS) is 14.1. The first-order valence-electron chi connectivity index (χ1n) is 7.91. The van der Waals surface area contributed by atoms with Gasteiger partial charge in [0.15, 0.2) is 0 Å². The van der Waals surface area contributed by atoms with Crippen LogP contribution in [0.2, 0.25) is 0 Å². The molecule has 0 saturated heterocycles. The Bertz CT molecular complexity index is 797. The van der Waals surface area contributed by atoms with E-state index in [0.717, 1.165) is 23.6 Å². The lowest BCUT2D eigenvalue weighted by molar-refractivity contribution is -0.141. The highest BCUT2D eigenvalue weighted by Crippen LogP contribution is 2.28. The van der Waals surface area contributed by atoms with Crippen LogP contribution in [0.3, 0.4) is 0 Å². The molecule has 0 unspecified atom stereocenters. The molecule has 0 saturated carbocycles. The summed E-state index contributed by atoms with van der Waals surface area (Å²) in [6.07, 6.45) is -0.575. The van der Waals surface area contributed by atoms with Crippen molar-refractivity contribution in [2.24, 2.45) is 0 Å². The van der Waals surface area contributed by atoms with Gasteiger partial charge in [-0.1, -0.05) is 30.8 Å². The van der Waals surface area contributed by atoms with Gasteiger partial charge in [-0.05, 0) is 47.2 Å². The van der Waals surface area contributed by atoms with E-state index < -0.39 is 11.9 Å². The molecule has 1 aliphatic heterocycles. The van der Waals surface area contributed by atoms with Crippen LogP contribution in [0.25, 0.3) is 0 Å². The molecule has 0 spiro atoms. The maximum absolute atomic E-state index is 12.6. The zero-order valence-corrected chi connectivity index (χ0v) is 13.5. The lowest BCUT2D eigenvalue weighted by Gasteiger charge is -2.28. The molecular weight excluding hydrogens is 329 g/mol. The highest BCUT2D eigenvalue weighted by atomic mass is 19.4. The Kier molecular flexibility index (Phi) is 4.61. The van der Waals surface area contributed by atoms with Gasteiger partial charge in [-0.3, -0.25) is 9.78 Å². The predicted octanol–water partition coefficient (Wildman–Crippen LogP) is 3.76. The van der Waals surface area contributed by atoms with Gasteiger partial charge in [-0.2, -0.15) is 13.2 Å². The van der Waals surface area contributed by atoms with Crippen molar-refractivity contribution >= 4 is 5.91 Å². The minimum atomic E-state index is -4.43. The predicted molar refractivity (Wildman–Crippen MR) is 87.8 cm³/mol. The van der Waals surface area contributed by atoms with Gasteiger partial charge in [0.05, 0.1) is 0 Å². The summed E-state index contributed by atoms with van der Waals surface area (Å²) >= 11 is 0. The number of hydrogen-bond acceptors (Lipinski definition) is 2. The number of carbonyl (C=O) groups excluding carboxylic acids is 1. The third kappa shape index (κ3) is 3.90. The molecule has 130 valence electrons. The minimum Gasteiger partial charge on any atom is -0.335 e. The molecule has 3 rings (SSSR count). The second-order valence-corrected chi connectivity index (χ2v) is 6.04. The molecule has 3 nitrogen and oxygen atoms in total. The van der Waals surface area contributed by atoms with Crippen molar-refractivity contribution in [1.82, 2.24) is 9.88 Å². The van der Waals surface area contributed by atoms with Crippen molar-refractivity contribution in [3.8, 4) is 0 Å². The number of benzene rings is 1. The van der Waals surface area contributed by atoms with Gasteiger partial charge >= 0.3 is 6.18 Å². The second-order valence-electron chi connectivity index (χ2n) is 6.04. The van der Waals surface area contributed by atoms with Crippen molar-refractivity contribution in [3.63, 3.8) is 0 Å². The number of hydrogen-bond donors (Lipinski definition) is 0. The molecule has 0 bridgehead atoms. The first-order valence-corrected chi connectivity index (χ1v) is 7.91. The molecular formula is C19H17F3N2O. The van der Waals surface area contributed by atoms with Gasteiger partial charge in [0.25, 0.3) is 0 Å². The highest BCUT2D eigenvalue weighted by Gasteiger charge is 2.32. The van der Waals surface area contributed by atoms with Crippen LogP contribution in [-0.2, 0) is 30.4 Å². The zero-order chi connectivity index (χ0) is 18.0. The molecule has 0 aliphatic carbocycles. The maximum Gasteiger partial charge on any atom is 0.433 e. The Morgan fingerprint density at radius 1 is 1.20 bits per heavy atom. The number of carbonyl (C=O) groups is 1. The van der Waals surface area contributed by atoms with Crippen molar-refractivity contribution in [2.75, 3.05) is 6.54 Å². The summed E-state index contributed by atoms with van der Waals surface area (Å²) in [5.41, 5.74) is 3.07. The maximum atomic E-state index is 12.6. The van der Waals surface area contributed by atoms with E-state index in [9.17, 15) is 18.0 Å². The SMILES string of the molecule is C=CC(=O)N1CCc2ccc(Cc3ccc(C(F)(F)F)nc3)cc2C1. The molecule has 25 heavy (non-hydrogen) atoms. The van der Waals surface area contributed by atoms with Gasteiger partial charge in [-0.25, -0.2) is 0 Å². The van der Waals surface area contributed by atoms with Crippen LogP contribution in [-0.4, -0.2) is 22.3 Å². The van der Waals surface area contributed by atoms with Crippen molar-refractivity contribution < 1.29 is 18.0 Å². The van der Waals surface area contributed by atoms with Crippen LogP contribution in [0, 0.1) is 0 Å². The van der Waals surface area contributed by atoms with E-state index in [1.165, 1.54) is 23.9 Å².